The molecule has 0 saturated heterocycles. The molecule has 2 aromatic carbocycles. The van der Waals surface area contributed by atoms with Crippen molar-refractivity contribution in [3.63, 3.8) is 0 Å². The van der Waals surface area contributed by atoms with Gasteiger partial charge in [-0.2, -0.15) is 15.5 Å². The van der Waals surface area contributed by atoms with E-state index in [0.29, 0.717) is 40.7 Å². The van der Waals surface area contributed by atoms with E-state index in [4.69, 9.17) is 25.4 Å². The van der Waals surface area contributed by atoms with E-state index in [9.17, 15) is 5.26 Å². The van der Waals surface area contributed by atoms with E-state index in [0.717, 1.165) is 16.8 Å². The third kappa shape index (κ3) is 4.41. The third-order valence-electron chi connectivity index (χ3n) is 4.94. The van der Waals surface area contributed by atoms with Crippen LogP contribution in [0.15, 0.2) is 36.5 Å². The van der Waals surface area contributed by atoms with E-state index in [1.165, 1.54) is 14.2 Å². The molecule has 0 fully saturated rings. The number of methoxy groups -OCH3 is 2. The van der Waals surface area contributed by atoms with Gasteiger partial charge in [-0.15, -0.1) is 0 Å². The summed E-state index contributed by atoms with van der Waals surface area (Å²) in [5.74, 6) is 1.25. The van der Waals surface area contributed by atoms with Gasteiger partial charge in [0.05, 0.1) is 37.4 Å². The lowest BCUT2D eigenvalue weighted by atomic mass is 9.98. The van der Waals surface area contributed by atoms with Crippen molar-refractivity contribution in [3.05, 3.63) is 70.0 Å². The number of nitrogens with two attached hydrogens (primary N) is 1. The van der Waals surface area contributed by atoms with E-state index in [2.05, 4.69) is 16.3 Å². The molecule has 1 aromatic heterocycles. The lowest BCUT2D eigenvalue weighted by Gasteiger charge is -2.15. The minimum absolute atomic E-state index is 0.137. The van der Waals surface area contributed by atoms with Gasteiger partial charge in [0.25, 0.3) is 0 Å². The lowest BCUT2D eigenvalue weighted by Crippen LogP contribution is -2.08. The zero-order chi connectivity index (χ0) is 22.5. The largest absolute Gasteiger partial charge is 0.493 e. The molecule has 8 nitrogen and oxygen atoms in total. The number of rotatable bonds is 7. The number of nitrogens with one attached hydrogen (secondary N) is 1. The highest BCUT2D eigenvalue weighted by Gasteiger charge is 2.17. The van der Waals surface area contributed by atoms with Crippen molar-refractivity contribution in [3.8, 4) is 23.3 Å². The van der Waals surface area contributed by atoms with Crippen LogP contribution in [0.4, 0.5) is 5.69 Å². The number of benzene rings is 2. The molecule has 0 amide bonds. The lowest BCUT2D eigenvalue weighted by molar-refractivity contribution is 0.303. The van der Waals surface area contributed by atoms with Gasteiger partial charge in [0, 0.05) is 22.4 Å². The number of hydrogen-bond donors (Lipinski definition) is 2. The predicted molar refractivity (Wildman–Crippen MR) is 117 cm³/mol. The molecule has 0 bridgehead atoms. The van der Waals surface area contributed by atoms with E-state index in [1.54, 1.807) is 36.5 Å². The van der Waals surface area contributed by atoms with Crippen molar-refractivity contribution < 1.29 is 14.2 Å². The Kier molecular flexibility index (Phi) is 6.36. The summed E-state index contributed by atoms with van der Waals surface area (Å²) >= 11 is 0. The fraction of sp³-hybridized carbons (Fsp3) is 0.217. The molecule has 0 radical (unpaired) electrons. The molecule has 31 heavy (non-hydrogen) atoms. The number of aromatic nitrogens is 2. The van der Waals surface area contributed by atoms with Crippen LogP contribution in [-0.2, 0) is 6.61 Å². The predicted octanol–water partition coefficient (Wildman–Crippen LogP) is 3.56. The highest BCUT2D eigenvalue weighted by Crippen LogP contribution is 2.34. The van der Waals surface area contributed by atoms with Gasteiger partial charge in [-0.3, -0.25) is 5.41 Å². The molecule has 0 spiro atoms. The Morgan fingerprint density at radius 2 is 1.94 bits per heavy atom. The molecule has 0 saturated carbocycles. The summed E-state index contributed by atoms with van der Waals surface area (Å²) in [6.45, 7) is 4.15. The summed E-state index contributed by atoms with van der Waals surface area (Å²) < 4.78 is 16.5. The number of hydrogen-bond acceptors (Lipinski definition) is 8. The first-order valence-corrected chi connectivity index (χ1v) is 9.45. The zero-order valence-corrected chi connectivity index (χ0v) is 17.8. The number of nitrogen functional groups attached to an aromatic ring is 1. The molecular formula is C23H23N5O3. The van der Waals surface area contributed by atoms with Gasteiger partial charge in [-0.05, 0) is 49.7 Å². The van der Waals surface area contributed by atoms with E-state index in [-0.39, 0.29) is 11.3 Å². The molecule has 8 heteroatoms. The Hall–Kier alpha value is -4.12. The Labute approximate surface area is 180 Å². The Morgan fingerprint density at radius 3 is 2.58 bits per heavy atom. The van der Waals surface area contributed by atoms with Gasteiger partial charge in [0.15, 0.2) is 11.5 Å². The molecule has 0 aliphatic rings. The molecule has 0 atom stereocenters. The summed E-state index contributed by atoms with van der Waals surface area (Å²) in [4.78, 5) is 0. The Bertz CT molecular complexity index is 1160. The van der Waals surface area contributed by atoms with Crippen molar-refractivity contribution in [2.75, 3.05) is 20.0 Å². The monoisotopic (exact) mass is 417 g/mol. The fourth-order valence-electron chi connectivity index (χ4n) is 3.19. The number of nitriles is 1. The molecule has 0 aliphatic carbocycles. The quantitative estimate of drug-likeness (QED) is 0.444. The van der Waals surface area contributed by atoms with Gasteiger partial charge >= 0.3 is 0 Å². The smallest absolute Gasteiger partial charge is 0.178 e. The van der Waals surface area contributed by atoms with Crippen LogP contribution >= 0.6 is 0 Å². The summed E-state index contributed by atoms with van der Waals surface area (Å²) in [7, 11) is 2.94. The summed E-state index contributed by atoms with van der Waals surface area (Å²) in [6, 6.07) is 10.4. The van der Waals surface area contributed by atoms with Crippen molar-refractivity contribution in [2.45, 2.75) is 20.5 Å². The van der Waals surface area contributed by atoms with Crippen molar-refractivity contribution in [1.29, 1.82) is 10.7 Å². The first-order valence-electron chi connectivity index (χ1n) is 9.45. The molecule has 0 aliphatic heterocycles. The zero-order valence-electron chi connectivity index (χ0n) is 17.8. The number of anilines is 1. The molecule has 158 valence electrons. The van der Waals surface area contributed by atoms with Gasteiger partial charge in [-0.1, -0.05) is 0 Å². The highest BCUT2D eigenvalue weighted by molar-refractivity contribution is 6.14. The van der Waals surface area contributed by atoms with Crippen LogP contribution in [0.2, 0.25) is 0 Å². The molecule has 3 rings (SSSR count). The van der Waals surface area contributed by atoms with Gasteiger partial charge in [-0.25, -0.2) is 0 Å². The van der Waals surface area contributed by atoms with Crippen LogP contribution < -0.4 is 19.9 Å². The van der Waals surface area contributed by atoms with Crippen molar-refractivity contribution in [1.82, 2.24) is 10.2 Å². The number of aryl methyl sites for hydroxylation is 2. The number of nitrogens with zero attached hydrogens (tertiary/aromatic N) is 3. The summed E-state index contributed by atoms with van der Waals surface area (Å²) in [6.07, 6.45) is 1.69. The number of ether oxygens (including phenoxy) is 3. The average Bonchev–Trinajstić information content (AvgIpc) is 2.78. The first kappa shape index (κ1) is 21.6. The average molecular weight is 417 g/mol. The Balaban J connectivity index is 1.93. The second-order valence-electron chi connectivity index (χ2n) is 6.88. The molecule has 3 aromatic rings. The van der Waals surface area contributed by atoms with Gasteiger partial charge < -0.3 is 19.9 Å². The molecular weight excluding hydrogens is 394 g/mol. The highest BCUT2D eigenvalue weighted by atomic mass is 16.5. The minimum atomic E-state index is 0.137. The summed E-state index contributed by atoms with van der Waals surface area (Å²) in [5, 5.41) is 26.1. The van der Waals surface area contributed by atoms with Crippen LogP contribution in [0, 0.1) is 30.6 Å². The van der Waals surface area contributed by atoms with Crippen LogP contribution in [-0.4, -0.2) is 30.1 Å². The maximum atomic E-state index is 9.46. The summed E-state index contributed by atoms with van der Waals surface area (Å²) in [5.41, 5.74) is 10.7. The normalized spacial score (nSPS) is 10.3. The second kappa shape index (κ2) is 9.13. The Morgan fingerprint density at radius 1 is 1.16 bits per heavy atom. The first-order chi connectivity index (χ1) is 14.9. The molecule has 1 heterocycles. The maximum absolute atomic E-state index is 9.46. The van der Waals surface area contributed by atoms with Crippen LogP contribution in [0.25, 0.3) is 0 Å². The van der Waals surface area contributed by atoms with Crippen LogP contribution in [0.1, 0.15) is 33.5 Å². The van der Waals surface area contributed by atoms with E-state index >= 15 is 0 Å². The fourth-order valence-corrected chi connectivity index (χ4v) is 3.19. The van der Waals surface area contributed by atoms with Crippen molar-refractivity contribution >= 4 is 11.4 Å². The third-order valence-corrected chi connectivity index (χ3v) is 4.94. The molecule has 3 N–H and O–H groups in total. The van der Waals surface area contributed by atoms with E-state index < -0.39 is 0 Å². The minimum Gasteiger partial charge on any atom is -0.493 e. The topological polar surface area (TPSA) is 127 Å². The maximum Gasteiger partial charge on any atom is 0.178 e. The molecule has 0 unspecified atom stereocenters. The van der Waals surface area contributed by atoms with E-state index in [1.807, 2.05) is 13.8 Å². The standard InChI is InChI=1S/C23H23N5O3/c1-13-11-27-28-14(2)19(13)12-31-17-5-6-20(25)18(9-17)22(26)15-7-16(10-24)23(30-4)21(8-15)29-3/h5-9,11,26H,12,25H2,1-4H3. The van der Waals surface area contributed by atoms with Crippen molar-refractivity contribution in [2.24, 2.45) is 0 Å². The van der Waals surface area contributed by atoms with Crippen LogP contribution in [0.3, 0.4) is 0 Å². The van der Waals surface area contributed by atoms with Gasteiger partial charge in [0.2, 0.25) is 0 Å². The van der Waals surface area contributed by atoms with Gasteiger partial charge in [0.1, 0.15) is 18.4 Å². The second-order valence-corrected chi connectivity index (χ2v) is 6.88. The van der Waals surface area contributed by atoms with Crippen LogP contribution in [0.5, 0.6) is 17.2 Å². The SMILES string of the molecule is COc1cc(C(=N)c2cc(OCc3c(C)cnnc3C)ccc2N)cc(C#N)c1OC.